The molecule has 2 saturated heterocycles. The summed E-state index contributed by atoms with van der Waals surface area (Å²) in [5.41, 5.74) is 0.0715. The van der Waals surface area contributed by atoms with E-state index in [1.807, 2.05) is 0 Å². The number of hydrogen-bond acceptors (Lipinski definition) is 4. The van der Waals surface area contributed by atoms with E-state index in [1.54, 1.807) is 0 Å². The lowest BCUT2D eigenvalue weighted by Gasteiger charge is -2.35. The summed E-state index contributed by atoms with van der Waals surface area (Å²) in [7, 11) is 0. The lowest BCUT2D eigenvalue weighted by molar-refractivity contribution is -0.0721. The Hall–Kier alpha value is -0.850. The summed E-state index contributed by atoms with van der Waals surface area (Å²) in [5.74, 6) is 0.997. The van der Waals surface area contributed by atoms with E-state index < -0.39 is 0 Å². The zero-order valence-corrected chi connectivity index (χ0v) is 15.7. The Balaban J connectivity index is 1.41. The average molecular weight is 354 g/mol. The van der Waals surface area contributed by atoms with Crippen molar-refractivity contribution in [1.82, 2.24) is 10.2 Å². The van der Waals surface area contributed by atoms with E-state index in [2.05, 4.69) is 17.1 Å². The molecule has 0 aromatic heterocycles. The standard InChI is InChI=1S/C19H35N3O3/c1-2-20-18(21-14-19(15-23)8-9-19)22-10-6-16(7-11-22)25-13-17-5-3-4-12-24-17/h16-17,23H,2-15H2,1H3,(H,20,21). The maximum atomic E-state index is 9.48. The van der Waals surface area contributed by atoms with Gasteiger partial charge in [0.25, 0.3) is 0 Å². The molecule has 2 aliphatic heterocycles. The molecular weight excluding hydrogens is 318 g/mol. The number of hydrogen-bond donors (Lipinski definition) is 2. The van der Waals surface area contributed by atoms with Gasteiger partial charge in [-0.05, 0) is 51.9 Å². The second kappa shape index (κ2) is 9.19. The highest BCUT2D eigenvalue weighted by molar-refractivity contribution is 5.80. The molecule has 0 aromatic carbocycles. The molecule has 6 heteroatoms. The molecule has 25 heavy (non-hydrogen) atoms. The molecule has 1 saturated carbocycles. The zero-order chi connectivity index (χ0) is 17.5. The van der Waals surface area contributed by atoms with Crippen LogP contribution in [0.4, 0.5) is 0 Å². The van der Waals surface area contributed by atoms with Crippen molar-refractivity contribution in [2.24, 2.45) is 10.4 Å². The molecule has 3 rings (SSSR count). The number of rotatable bonds is 7. The van der Waals surface area contributed by atoms with Crippen LogP contribution in [0.3, 0.4) is 0 Å². The Labute approximate surface area is 152 Å². The van der Waals surface area contributed by atoms with E-state index in [-0.39, 0.29) is 12.0 Å². The van der Waals surface area contributed by atoms with Crippen LogP contribution in [-0.2, 0) is 9.47 Å². The number of likely N-dealkylation sites (tertiary alicyclic amines) is 1. The number of piperidine rings is 1. The lowest BCUT2D eigenvalue weighted by Crippen LogP contribution is -2.47. The van der Waals surface area contributed by atoms with Crippen LogP contribution >= 0.6 is 0 Å². The molecule has 0 bridgehead atoms. The molecule has 1 aliphatic carbocycles. The number of nitrogens with one attached hydrogen (secondary N) is 1. The van der Waals surface area contributed by atoms with Crippen LogP contribution in [0, 0.1) is 5.41 Å². The number of aliphatic hydroxyl groups is 1. The first-order chi connectivity index (χ1) is 12.2. The first-order valence-corrected chi connectivity index (χ1v) is 10.1. The topological polar surface area (TPSA) is 66.3 Å². The number of ether oxygens (including phenoxy) is 2. The van der Waals surface area contributed by atoms with Gasteiger partial charge in [0.1, 0.15) is 0 Å². The van der Waals surface area contributed by atoms with Crippen molar-refractivity contribution in [3.63, 3.8) is 0 Å². The van der Waals surface area contributed by atoms with Crippen LogP contribution in [-0.4, -0.2) is 74.2 Å². The summed E-state index contributed by atoms with van der Waals surface area (Å²) in [5, 5.41) is 12.9. The molecule has 0 spiro atoms. The lowest BCUT2D eigenvalue weighted by atomic mass is 10.1. The van der Waals surface area contributed by atoms with E-state index in [0.717, 1.165) is 77.5 Å². The van der Waals surface area contributed by atoms with Crippen molar-refractivity contribution in [1.29, 1.82) is 0 Å². The average Bonchev–Trinajstić information content (AvgIpc) is 3.45. The van der Waals surface area contributed by atoms with E-state index in [9.17, 15) is 5.11 Å². The van der Waals surface area contributed by atoms with Gasteiger partial charge in [-0.3, -0.25) is 4.99 Å². The molecule has 1 unspecified atom stereocenters. The maximum absolute atomic E-state index is 9.48. The van der Waals surface area contributed by atoms with Crippen LogP contribution in [0.15, 0.2) is 4.99 Å². The van der Waals surface area contributed by atoms with E-state index in [0.29, 0.717) is 12.2 Å². The molecule has 2 N–H and O–H groups in total. The number of guanidine groups is 1. The summed E-state index contributed by atoms with van der Waals surface area (Å²) < 4.78 is 11.9. The van der Waals surface area contributed by atoms with Crippen molar-refractivity contribution in [3.8, 4) is 0 Å². The fourth-order valence-electron chi connectivity index (χ4n) is 3.63. The van der Waals surface area contributed by atoms with Gasteiger partial charge in [-0.15, -0.1) is 0 Å². The van der Waals surface area contributed by atoms with E-state index in [1.165, 1.54) is 12.8 Å². The fourth-order valence-corrected chi connectivity index (χ4v) is 3.63. The third-order valence-electron chi connectivity index (χ3n) is 5.72. The Morgan fingerprint density at radius 3 is 2.68 bits per heavy atom. The van der Waals surface area contributed by atoms with Crippen LogP contribution in [0.5, 0.6) is 0 Å². The second-order valence-corrected chi connectivity index (χ2v) is 7.84. The monoisotopic (exact) mass is 353 g/mol. The van der Waals surface area contributed by atoms with Gasteiger partial charge < -0.3 is 24.8 Å². The fraction of sp³-hybridized carbons (Fsp3) is 0.947. The third kappa shape index (κ3) is 5.56. The molecule has 0 amide bonds. The molecule has 3 fully saturated rings. The second-order valence-electron chi connectivity index (χ2n) is 7.84. The number of aliphatic hydroxyl groups excluding tert-OH is 1. The molecule has 6 nitrogen and oxygen atoms in total. The highest BCUT2D eigenvalue weighted by Crippen LogP contribution is 2.45. The first-order valence-electron chi connectivity index (χ1n) is 10.1. The molecule has 0 aromatic rings. The van der Waals surface area contributed by atoms with Gasteiger partial charge in [-0.2, -0.15) is 0 Å². The molecule has 1 atom stereocenters. The van der Waals surface area contributed by atoms with Crippen LogP contribution in [0.2, 0.25) is 0 Å². The van der Waals surface area contributed by atoms with Crippen molar-refractivity contribution < 1.29 is 14.6 Å². The molecule has 144 valence electrons. The van der Waals surface area contributed by atoms with Gasteiger partial charge in [0, 0.05) is 31.7 Å². The van der Waals surface area contributed by atoms with Crippen molar-refractivity contribution >= 4 is 5.96 Å². The summed E-state index contributed by atoms with van der Waals surface area (Å²) in [6.07, 6.45) is 8.55. The molecule has 0 radical (unpaired) electrons. The maximum Gasteiger partial charge on any atom is 0.193 e. The zero-order valence-electron chi connectivity index (χ0n) is 15.7. The quantitative estimate of drug-likeness (QED) is 0.539. The highest BCUT2D eigenvalue weighted by atomic mass is 16.5. The predicted octanol–water partition coefficient (Wildman–Crippen LogP) is 1.77. The van der Waals surface area contributed by atoms with E-state index in [4.69, 9.17) is 14.5 Å². The third-order valence-corrected chi connectivity index (χ3v) is 5.72. The molecule has 2 heterocycles. The Kier molecular flexibility index (Phi) is 6.96. The predicted molar refractivity (Wildman–Crippen MR) is 98.9 cm³/mol. The summed E-state index contributed by atoms with van der Waals surface area (Å²) >= 11 is 0. The Bertz CT molecular complexity index is 426. The minimum atomic E-state index is 0.0715. The SMILES string of the molecule is CCNC(=NCC1(CO)CC1)N1CCC(OCC2CCCCO2)CC1. The molecular formula is C19H35N3O3. The minimum Gasteiger partial charge on any atom is -0.396 e. The van der Waals surface area contributed by atoms with Gasteiger partial charge >= 0.3 is 0 Å². The van der Waals surface area contributed by atoms with Crippen molar-refractivity contribution in [3.05, 3.63) is 0 Å². The first kappa shape index (κ1) is 18.9. The van der Waals surface area contributed by atoms with Crippen LogP contribution in [0.1, 0.15) is 51.9 Å². The van der Waals surface area contributed by atoms with Crippen LogP contribution < -0.4 is 5.32 Å². The van der Waals surface area contributed by atoms with E-state index >= 15 is 0 Å². The Morgan fingerprint density at radius 2 is 2.08 bits per heavy atom. The smallest absolute Gasteiger partial charge is 0.193 e. The summed E-state index contributed by atoms with van der Waals surface area (Å²) in [6, 6.07) is 0. The van der Waals surface area contributed by atoms with Crippen LogP contribution in [0.25, 0.3) is 0 Å². The largest absolute Gasteiger partial charge is 0.396 e. The number of aliphatic imine (C=N–C) groups is 1. The molecule has 3 aliphatic rings. The normalized spacial score (nSPS) is 27.4. The van der Waals surface area contributed by atoms with Gasteiger partial charge in [-0.25, -0.2) is 0 Å². The minimum absolute atomic E-state index is 0.0715. The number of nitrogens with zero attached hydrogens (tertiary/aromatic N) is 2. The summed E-state index contributed by atoms with van der Waals surface area (Å²) in [6.45, 7) is 7.58. The van der Waals surface area contributed by atoms with Gasteiger partial charge in [-0.1, -0.05) is 0 Å². The van der Waals surface area contributed by atoms with Crippen molar-refractivity contribution in [2.45, 2.75) is 64.1 Å². The van der Waals surface area contributed by atoms with Crippen molar-refractivity contribution in [2.75, 3.05) is 46.0 Å². The van der Waals surface area contributed by atoms with Gasteiger partial charge in [0.15, 0.2) is 5.96 Å². The highest BCUT2D eigenvalue weighted by Gasteiger charge is 2.42. The Morgan fingerprint density at radius 1 is 1.28 bits per heavy atom. The van der Waals surface area contributed by atoms with Gasteiger partial charge in [0.05, 0.1) is 32.0 Å². The van der Waals surface area contributed by atoms with Gasteiger partial charge in [0.2, 0.25) is 0 Å². The summed E-state index contributed by atoms with van der Waals surface area (Å²) in [4.78, 5) is 7.14.